The molecule has 2 heterocycles. The smallest absolute Gasteiger partial charge is 0.267 e. The van der Waals surface area contributed by atoms with Gasteiger partial charge >= 0.3 is 0 Å². The van der Waals surface area contributed by atoms with Gasteiger partial charge in [-0.15, -0.1) is 0 Å². The number of nitrogens with zero attached hydrogens (tertiary/aromatic N) is 2. The molecule has 10 nitrogen and oxygen atoms in total. The molecule has 4 amide bonds. The minimum absolute atomic E-state index is 0.0476. The highest BCUT2D eigenvalue weighted by Crippen LogP contribution is 2.17. The summed E-state index contributed by atoms with van der Waals surface area (Å²) in [6.45, 7) is 8.26. The predicted octanol–water partition coefficient (Wildman–Crippen LogP) is 1.89. The lowest BCUT2D eigenvalue weighted by Crippen LogP contribution is -2.34. The standard InChI is InChI=1S/C24H36N6O4/c1-15(2)17-11-19(29(5)13-17)23(33)25-10-8-22(32)28-18-12-20(30(6)14-18)24(34)26-9-7-21(31)27-16(3)4/h11-16H,7-10H2,1-6H3,(H,25,33)(H,26,34)(H,27,31)(H,28,32). The average molecular weight is 473 g/mol. The number of carbonyl (C=O) groups excluding carboxylic acids is 4. The molecule has 0 aliphatic carbocycles. The van der Waals surface area contributed by atoms with E-state index >= 15 is 0 Å². The van der Waals surface area contributed by atoms with Crippen LogP contribution in [0, 0.1) is 0 Å². The molecule has 0 radical (unpaired) electrons. The van der Waals surface area contributed by atoms with Gasteiger partial charge in [0.15, 0.2) is 0 Å². The Bertz CT molecular complexity index is 1030. The van der Waals surface area contributed by atoms with Crippen LogP contribution in [0.15, 0.2) is 24.5 Å². The Morgan fingerprint density at radius 2 is 1.32 bits per heavy atom. The van der Waals surface area contributed by atoms with Crippen molar-refractivity contribution in [3.05, 3.63) is 41.5 Å². The Morgan fingerprint density at radius 3 is 1.85 bits per heavy atom. The van der Waals surface area contributed by atoms with Gasteiger partial charge in [-0.2, -0.15) is 0 Å². The Hall–Kier alpha value is -3.56. The van der Waals surface area contributed by atoms with E-state index < -0.39 is 0 Å². The number of amides is 4. The summed E-state index contributed by atoms with van der Waals surface area (Å²) < 4.78 is 3.38. The Morgan fingerprint density at radius 1 is 0.794 bits per heavy atom. The van der Waals surface area contributed by atoms with Crippen molar-refractivity contribution in [2.75, 3.05) is 18.4 Å². The van der Waals surface area contributed by atoms with Crippen molar-refractivity contribution in [1.82, 2.24) is 25.1 Å². The number of rotatable bonds is 11. The fraction of sp³-hybridized carbons (Fsp3) is 0.500. The zero-order chi connectivity index (χ0) is 25.4. The summed E-state index contributed by atoms with van der Waals surface area (Å²) in [5.74, 6) is -0.660. The molecular formula is C24H36N6O4. The molecule has 0 saturated heterocycles. The Labute approximate surface area is 200 Å². The van der Waals surface area contributed by atoms with Crippen LogP contribution in [0.1, 0.15) is 73.0 Å². The summed E-state index contributed by atoms with van der Waals surface area (Å²) in [6, 6.07) is 3.47. The molecule has 0 bridgehead atoms. The van der Waals surface area contributed by atoms with Crippen molar-refractivity contribution in [1.29, 1.82) is 0 Å². The van der Waals surface area contributed by atoms with Gasteiger partial charge in [-0.05, 0) is 37.5 Å². The second-order valence-electron chi connectivity index (χ2n) is 8.93. The van der Waals surface area contributed by atoms with Gasteiger partial charge in [-0.3, -0.25) is 19.2 Å². The summed E-state index contributed by atoms with van der Waals surface area (Å²) in [5.41, 5.74) is 2.46. The van der Waals surface area contributed by atoms with Gasteiger partial charge in [-0.1, -0.05) is 13.8 Å². The third-order valence-corrected chi connectivity index (χ3v) is 5.17. The molecule has 0 spiro atoms. The number of carbonyl (C=O) groups is 4. The minimum atomic E-state index is -0.337. The number of aromatic nitrogens is 2. The first-order chi connectivity index (χ1) is 16.0. The quantitative estimate of drug-likeness (QED) is 0.398. The van der Waals surface area contributed by atoms with Gasteiger partial charge in [0.05, 0.1) is 5.69 Å². The zero-order valence-corrected chi connectivity index (χ0v) is 20.8. The second kappa shape index (κ2) is 12.1. The van der Waals surface area contributed by atoms with E-state index in [4.69, 9.17) is 0 Å². The van der Waals surface area contributed by atoms with E-state index in [0.29, 0.717) is 23.0 Å². The molecule has 10 heteroatoms. The van der Waals surface area contributed by atoms with Crippen molar-refractivity contribution >= 4 is 29.3 Å². The number of anilines is 1. The highest BCUT2D eigenvalue weighted by molar-refractivity contribution is 5.97. The van der Waals surface area contributed by atoms with Gasteiger partial charge < -0.3 is 30.4 Å². The van der Waals surface area contributed by atoms with Crippen molar-refractivity contribution in [2.24, 2.45) is 14.1 Å². The average Bonchev–Trinajstić information content (AvgIpc) is 3.29. The Kier molecular flexibility index (Phi) is 9.47. The number of hydrogen-bond donors (Lipinski definition) is 4. The van der Waals surface area contributed by atoms with Crippen LogP contribution >= 0.6 is 0 Å². The maximum atomic E-state index is 12.4. The number of hydrogen-bond acceptors (Lipinski definition) is 4. The van der Waals surface area contributed by atoms with Crippen LogP contribution in [0.3, 0.4) is 0 Å². The summed E-state index contributed by atoms with van der Waals surface area (Å²) in [4.78, 5) is 48.8. The first-order valence-electron chi connectivity index (χ1n) is 11.5. The van der Waals surface area contributed by atoms with E-state index in [1.807, 2.05) is 33.2 Å². The first-order valence-corrected chi connectivity index (χ1v) is 11.5. The highest BCUT2D eigenvalue weighted by Gasteiger charge is 2.15. The minimum Gasteiger partial charge on any atom is -0.354 e. The summed E-state index contributed by atoms with van der Waals surface area (Å²) >= 11 is 0. The van der Waals surface area contributed by atoms with Gasteiger partial charge in [0.1, 0.15) is 11.4 Å². The molecule has 0 aliphatic rings. The molecule has 186 valence electrons. The maximum absolute atomic E-state index is 12.4. The third-order valence-electron chi connectivity index (χ3n) is 5.17. The maximum Gasteiger partial charge on any atom is 0.267 e. The predicted molar refractivity (Wildman–Crippen MR) is 131 cm³/mol. The number of aryl methyl sites for hydroxylation is 2. The van der Waals surface area contributed by atoms with Crippen LogP contribution in [0.2, 0.25) is 0 Å². The van der Waals surface area contributed by atoms with E-state index in [0.717, 1.165) is 5.56 Å². The van der Waals surface area contributed by atoms with Crippen LogP contribution < -0.4 is 21.3 Å². The fourth-order valence-corrected chi connectivity index (χ4v) is 3.37. The summed E-state index contributed by atoms with van der Waals surface area (Å²) in [5, 5.41) is 11.0. The summed E-state index contributed by atoms with van der Waals surface area (Å²) in [7, 11) is 3.51. The van der Waals surface area contributed by atoms with Crippen molar-refractivity contribution in [3.63, 3.8) is 0 Å². The Balaban J connectivity index is 1.80. The fourth-order valence-electron chi connectivity index (χ4n) is 3.37. The lowest BCUT2D eigenvalue weighted by Gasteiger charge is -2.09. The zero-order valence-electron chi connectivity index (χ0n) is 20.8. The lowest BCUT2D eigenvalue weighted by molar-refractivity contribution is -0.121. The van der Waals surface area contributed by atoms with E-state index in [2.05, 4.69) is 35.1 Å². The van der Waals surface area contributed by atoms with Crippen LogP contribution in [0.25, 0.3) is 0 Å². The molecule has 0 atom stereocenters. The van der Waals surface area contributed by atoms with Gasteiger partial charge in [-0.25, -0.2) is 0 Å². The highest BCUT2D eigenvalue weighted by atomic mass is 16.2. The van der Waals surface area contributed by atoms with Crippen LogP contribution in [-0.2, 0) is 23.7 Å². The second-order valence-corrected chi connectivity index (χ2v) is 8.93. The van der Waals surface area contributed by atoms with E-state index in [9.17, 15) is 19.2 Å². The third kappa shape index (κ3) is 7.79. The summed E-state index contributed by atoms with van der Waals surface area (Å²) in [6.07, 6.45) is 3.84. The van der Waals surface area contributed by atoms with Crippen molar-refractivity contribution in [2.45, 2.75) is 52.5 Å². The van der Waals surface area contributed by atoms with Crippen LogP contribution in [0.5, 0.6) is 0 Å². The molecule has 0 fully saturated rings. The molecule has 0 unspecified atom stereocenters. The molecule has 2 aromatic heterocycles. The van der Waals surface area contributed by atoms with Gasteiger partial charge in [0.2, 0.25) is 11.8 Å². The molecule has 0 aliphatic heterocycles. The van der Waals surface area contributed by atoms with Crippen molar-refractivity contribution < 1.29 is 19.2 Å². The van der Waals surface area contributed by atoms with Crippen LogP contribution in [0.4, 0.5) is 5.69 Å². The van der Waals surface area contributed by atoms with Crippen molar-refractivity contribution in [3.8, 4) is 0 Å². The molecule has 2 rings (SSSR count). The molecule has 2 aromatic rings. The SMILES string of the molecule is CC(C)NC(=O)CCNC(=O)c1cc(NC(=O)CCNC(=O)c2cc(C(C)C)cn2C)cn1C. The largest absolute Gasteiger partial charge is 0.354 e. The monoisotopic (exact) mass is 472 g/mol. The van der Waals surface area contributed by atoms with E-state index in [1.54, 1.807) is 28.4 Å². The number of nitrogens with one attached hydrogen (secondary N) is 4. The normalized spacial score (nSPS) is 10.9. The lowest BCUT2D eigenvalue weighted by atomic mass is 10.1. The molecule has 0 saturated carbocycles. The molecule has 0 aromatic carbocycles. The molecule has 4 N–H and O–H groups in total. The van der Waals surface area contributed by atoms with E-state index in [1.165, 1.54) is 0 Å². The van der Waals surface area contributed by atoms with E-state index in [-0.39, 0.29) is 55.6 Å². The first kappa shape index (κ1) is 26.7. The topological polar surface area (TPSA) is 126 Å². The molecular weight excluding hydrogens is 436 g/mol. The van der Waals surface area contributed by atoms with Gasteiger partial charge in [0.25, 0.3) is 11.8 Å². The van der Waals surface area contributed by atoms with Gasteiger partial charge in [0, 0.05) is 58.5 Å². The van der Waals surface area contributed by atoms with Crippen LogP contribution in [-0.4, -0.2) is 51.9 Å². The molecule has 34 heavy (non-hydrogen) atoms.